The lowest BCUT2D eigenvalue weighted by molar-refractivity contribution is 0.662. The van der Waals surface area contributed by atoms with Gasteiger partial charge in [0, 0.05) is 19.6 Å². The van der Waals surface area contributed by atoms with E-state index in [1.165, 1.54) is 0 Å². The van der Waals surface area contributed by atoms with E-state index in [2.05, 4.69) is 28.8 Å². The second-order valence-electron chi connectivity index (χ2n) is 2.76. The molecule has 1 heterocycles. The fourth-order valence-electron chi connectivity index (χ4n) is 1.21. The molecule has 5 nitrogen and oxygen atoms in total. The van der Waals surface area contributed by atoms with Gasteiger partial charge in [0.25, 0.3) is 0 Å². The van der Waals surface area contributed by atoms with Gasteiger partial charge < -0.3 is 10.6 Å². The summed E-state index contributed by atoms with van der Waals surface area (Å²) in [6.07, 6.45) is 0. The van der Waals surface area contributed by atoms with Crippen molar-refractivity contribution >= 4 is 11.9 Å². The summed E-state index contributed by atoms with van der Waals surface area (Å²) >= 11 is 0. The van der Waals surface area contributed by atoms with E-state index in [-0.39, 0.29) is 0 Å². The Balaban J connectivity index is 2.88. The van der Waals surface area contributed by atoms with Crippen molar-refractivity contribution in [1.82, 2.24) is 14.8 Å². The van der Waals surface area contributed by atoms with Crippen LogP contribution in [0, 0.1) is 0 Å². The minimum Gasteiger partial charge on any atom is -0.368 e. The van der Waals surface area contributed by atoms with Gasteiger partial charge in [-0.25, -0.2) is 4.68 Å². The largest absolute Gasteiger partial charge is 0.368 e. The van der Waals surface area contributed by atoms with Crippen molar-refractivity contribution in [3.8, 4) is 0 Å². The maximum atomic E-state index is 5.66. The van der Waals surface area contributed by atoms with Crippen molar-refractivity contribution in [3.05, 3.63) is 0 Å². The van der Waals surface area contributed by atoms with Crippen molar-refractivity contribution in [2.45, 2.75) is 27.3 Å². The van der Waals surface area contributed by atoms with Crippen molar-refractivity contribution in [2.75, 3.05) is 23.7 Å². The third-order valence-corrected chi connectivity index (χ3v) is 2.03. The Morgan fingerprint density at radius 2 is 1.92 bits per heavy atom. The molecule has 5 heteroatoms. The predicted octanol–water partition coefficient (Wildman–Crippen LogP) is 0.726. The van der Waals surface area contributed by atoms with Crippen molar-refractivity contribution in [2.24, 2.45) is 0 Å². The van der Waals surface area contributed by atoms with E-state index in [1.807, 2.05) is 6.92 Å². The van der Waals surface area contributed by atoms with Crippen molar-refractivity contribution < 1.29 is 0 Å². The molecule has 0 saturated carbocycles. The molecule has 74 valence electrons. The van der Waals surface area contributed by atoms with Crippen LogP contribution in [0.25, 0.3) is 0 Å². The van der Waals surface area contributed by atoms with Crippen molar-refractivity contribution in [3.63, 3.8) is 0 Å². The van der Waals surface area contributed by atoms with Gasteiger partial charge in [0.2, 0.25) is 11.9 Å². The number of nitrogens with two attached hydrogens (primary N) is 1. The van der Waals surface area contributed by atoms with E-state index >= 15 is 0 Å². The van der Waals surface area contributed by atoms with Crippen LogP contribution in [-0.4, -0.2) is 27.9 Å². The van der Waals surface area contributed by atoms with Gasteiger partial charge in [-0.3, -0.25) is 0 Å². The monoisotopic (exact) mass is 183 g/mol. The van der Waals surface area contributed by atoms with Crippen LogP contribution >= 0.6 is 0 Å². The normalized spacial score (nSPS) is 10.4. The van der Waals surface area contributed by atoms with Crippen LogP contribution in [0.1, 0.15) is 20.8 Å². The summed E-state index contributed by atoms with van der Waals surface area (Å²) in [6.45, 7) is 8.73. The number of rotatable bonds is 4. The molecule has 0 aliphatic carbocycles. The minimum absolute atomic E-state index is 0.490. The number of anilines is 2. The first-order valence-corrected chi connectivity index (χ1v) is 4.68. The van der Waals surface area contributed by atoms with Crippen LogP contribution in [0.3, 0.4) is 0 Å². The molecule has 0 bridgehead atoms. The first kappa shape index (κ1) is 9.83. The Kier molecular flexibility index (Phi) is 3.11. The summed E-state index contributed by atoms with van der Waals surface area (Å²) in [7, 11) is 0. The Morgan fingerprint density at radius 3 is 2.31 bits per heavy atom. The van der Waals surface area contributed by atoms with Crippen LogP contribution in [0.15, 0.2) is 0 Å². The lowest BCUT2D eigenvalue weighted by atomic mass is 10.5. The fraction of sp³-hybridized carbons (Fsp3) is 0.750. The molecule has 0 aromatic carbocycles. The number of aromatic nitrogens is 3. The van der Waals surface area contributed by atoms with Gasteiger partial charge in [-0.1, -0.05) is 0 Å². The van der Waals surface area contributed by atoms with Gasteiger partial charge in [-0.15, -0.1) is 5.10 Å². The van der Waals surface area contributed by atoms with E-state index < -0.39 is 0 Å². The zero-order chi connectivity index (χ0) is 9.84. The minimum atomic E-state index is 0.490. The van der Waals surface area contributed by atoms with E-state index in [9.17, 15) is 0 Å². The summed E-state index contributed by atoms with van der Waals surface area (Å²) in [4.78, 5) is 6.25. The summed E-state index contributed by atoms with van der Waals surface area (Å²) in [5.74, 6) is 1.22. The second kappa shape index (κ2) is 4.11. The maximum absolute atomic E-state index is 5.66. The molecule has 0 aliphatic rings. The van der Waals surface area contributed by atoms with E-state index in [0.29, 0.717) is 5.95 Å². The molecule has 1 aromatic rings. The molecule has 1 aromatic heterocycles. The molecular weight excluding hydrogens is 166 g/mol. The third-order valence-electron chi connectivity index (χ3n) is 2.03. The summed E-state index contributed by atoms with van der Waals surface area (Å²) < 4.78 is 1.70. The van der Waals surface area contributed by atoms with Crippen LogP contribution in [0.4, 0.5) is 11.9 Å². The van der Waals surface area contributed by atoms with Crippen LogP contribution in [0.2, 0.25) is 0 Å². The SMILES string of the molecule is CCN(CC)c1nc(N)n(CC)n1. The molecule has 0 atom stereocenters. The Labute approximate surface area is 78.5 Å². The molecule has 0 aliphatic heterocycles. The van der Waals surface area contributed by atoms with Crippen molar-refractivity contribution in [1.29, 1.82) is 0 Å². The average Bonchev–Trinajstić information content (AvgIpc) is 2.49. The molecule has 2 N–H and O–H groups in total. The molecule has 0 radical (unpaired) electrons. The van der Waals surface area contributed by atoms with E-state index in [0.717, 1.165) is 25.6 Å². The van der Waals surface area contributed by atoms with Gasteiger partial charge in [-0.05, 0) is 20.8 Å². The third kappa shape index (κ3) is 1.91. The van der Waals surface area contributed by atoms with Crippen LogP contribution in [-0.2, 0) is 6.54 Å². The zero-order valence-electron chi connectivity index (χ0n) is 8.49. The molecule has 0 saturated heterocycles. The highest BCUT2D eigenvalue weighted by molar-refractivity contribution is 5.34. The molecule has 0 fully saturated rings. The van der Waals surface area contributed by atoms with Gasteiger partial charge in [0.05, 0.1) is 0 Å². The first-order chi connectivity index (χ1) is 6.22. The zero-order valence-corrected chi connectivity index (χ0v) is 8.49. The average molecular weight is 183 g/mol. The molecule has 0 spiro atoms. The molecular formula is C8H17N5. The molecule has 0 unspecified atom stereocenters. The lowest BCUT2D eigenvalue weighted by Gasteiger charge is -2.15. The molecule has 13 heavy (non-hydrogen) atoms. The topological polar surface area (TPSA) is 60.0 Å². The fourth-order valence-corrected chi connectivity index (χ4v) is 1.21. The standard InChI is InChI=1S/C8H17N5/c1-4-12(5-2)8-10-7(9)13(6-3)11-8/h4-6H2,1-3H3,(H2,9,10,11). The number of hydrogen-bond donors (Lipinski definition) is 1. The Morgan fingerprint density at radius 1 is 1.31 bits per heavy atom. The highest BCUT2D eigenvalue weighted by atomic mass is 15.4. The highest BCUT2D eigenvalue weighted by Crippen LogP contribution is 2.09. The maximum Gasteiger partial charge on any atom is 0.246 e. The van der Waals surface area contributed by atoms with Crippen LogP contribution in [0.5, 0.6) is 0 Å². The van der Waals surface area contributed by atoms with Gasteiger partial charge >= 0.3 is 0 Å². The summed E-state index contributed by atoms with van der Waals surface area (Å²) in [5.41, 5.74) is 5.66. The number of nitrogen functional groups attached to an aromatic ring is 1. The smallest absolute Gasteiger partial charge is 0.246 e. The highest BCUT2D eigenvalue weighted by Gasteiger charge is 2.09. The summed E-state index contributed by atoms with van der Waals surface area (Å²) in [6, 6.07) is 0. The number of nitrogens with zero attached hydrogens (tertiary/aromatic N) is 4. The van der Waals surface area contributed by atoms with Gasteiger partial charge in [0.1, 0.15) is 0 Å². The summed E-state index contributed by atoms with van der Waals surface area (Å²) in [5, 5.41) is 4.28. The molecule has 1 rings (SSSR count). The second-order valence-corrected chi connectivity index (χ2v) is 2.76. The first-order valence-electron chi connectivity index (χ1n) is 4.68. The van der Waals surface area contributed by atoms with Gasteiger partial charge in [-0.2, -0.15) is 4.98 Å². The Hall–Kier alpha value is -1.26. The quantitative estimate of drug-likeness (QED) is 0.747. The predicted molar refractivity (Wildman–Crippen MR) is 53.7 cm³/mol. The van der Waals surface area contributed by atoms with E-state index in [1.54, 1.807) is 4.68 Å². The van der Waals surface area contributed by atoms with Crippen LogP contribution < -0.4 is 10.6 Å². The molecule has 0 amide bonds. The Bertz CT molecular complexity index is 263. The number of hydrogen-bond acceptors (Lipinski definition) is 4. The lowest BCUT2D eigenvalue weighted by Crippen LogP contribution is -2.23. The van der Waals surface area contributed by atoms with E-state index in [4.69, 9.17) is 5.73 Å². The number of aryl methyl sites for hydroxylation is 1. The van der Waals surface area contributed by atoms with Gasteiger partial charge in [0.15, 0.2) is 0 Å².